The summed E-state index contributed by atoms with van der Waals surface area (Å²) >= 11 is 6.39. The molecule has 3 unspecified atom stereocenters. The molecule has 0 bridgehead atoms. The molecule has 0 saturated carbocycles. The highest BCUT2D eigenvalue weighted by Gasteiger charge is 2.42. The molecule has 2 aromatic rings. The van der Waals surface area contributed by atoms with Crippen LogP contribution >= 0.6 is 11.6 Å². The van der Waals surface area contributed by atoms with Crippen molar-refractivity contribution < 1.29 is 33.3 Å². The Morgan fingerprint density at radius 3 is 2.67 bits per heavy atom. The van der Waals surface area contributed by atoms with E-state index in [1.165, 1.54) is 12.1 Å². The Bertz CT molecular complexity index is 1350. The van der Waals surface area contributed by atoms with Crippen LogP contribution in [0.25, 0.3) is 0 Å². The summed E-state index contributed by atoms with van der Waals surface area (Å²) in [5, 5.41) is 13.8. The van der Waals surface area contributed by atoms with Gasteiger partial charge in [0.05, 0.1) is 23.3 Å². The number of Topliss-reactive ketones (excluding diaryl/α,β-unsaturated/α-hetero) is 1. The molecule has 9 heteroatoms. The Labute approximate surface area is 231 Å². The number of ketones is 1. The van der Waals surface area contributed by atoms with Gasteiger partial charge >= 0.3 is 5.97 Å². The molecule has 7 nitrogen and oxygen atoms in total. The van der Waals surface area contributed by atoms with Crippen LogP contribution in [0.3, 0.4) is 0 Å². The van der Waals surface area contributed by atoms with Gasteiger partial charge in [0, 0.05) is 35.9 Å². The fourth-order valence-electron chi connectivity index (χ4n) is 5.66. The van der Waals surface area contributed by atoms with E-state index in [1.807, 2.05) is 0 Å². The molecule has 0 spiro atoms. The summed E-state index contributed by atoms with van der Waals surface area (Å²) < 4.78 is 30.4. The van der Waals surface area contributed by atoms with Gasteiger partial charge < -0.3 is 24.6 Å². The first kappa shape index (κ1) is 27.2. The number of phenols is 1. The van der Waals surface area contributed by atoms with Gasteiger partial charge in [0.25, 0.3) is 0 Å². The fourth-order valence-corrected chi connectivity index (χ4v) is 5.88. The number of carbonyl (C=O) groups is 2. The van der Waals surface area contributed by atoms with Gasteiger partial charge in [-0.05, 0) is 74.4 Å². The molecule has 0 aromatic heterocycles. The number of dihydropyridines is 1. The number of carbonyl (C=O) groups excluding carboxylic acids is 2. The highest BCUT2D eigenvalue weighted by molar-refractivity contribution is 6.32. The van der Waals surface area contributed by atoms with Crippen molar-refractivity contribution in [2.24, 2.45) is 0 Å². The Hall–Kier alpha value is -3.36. The maximum Gasteiger partial charge on any atom is 0.336 e. The number of benzene rings is 2. The predicted molar refractivity (Wildman–Crippen MR) is 143 cm³/mol. The highest BCUT2D eigenvalue weighted by Crippen LogP contribution is 2.48. The predicted octanol–water partition coefficient (Wildman–Crippen LogP) is 5.67. The second-order valence-corrected chi connectivity index (χ2v) is 10.5. The number of esters is 1. The van der Waals surface area contributed by atoms with Gasteiger partial charge in [0.15, 0.2) is 17.3 Å². The van der Waals surface area contributed by atoms with Crippen LogP contribution in [0.15, 0.2) is 58.9 Å². The first-order chi connectivity index (χ1) is 18.8. The number of nitrogens with one attached hydrogen (secondary N) is 1. The molecule has 0 radical (unpaired) electrons. The second-order valence-electron chi connectivity index (χ2n) is 10.1. The third kappa shape index (κ3) is 5.54. The van der Waals surface area contributed by atoms with E-state index in [0.717, 1.165) is 18.4 Å². The number of phenolic OH excluding ortho intramolecular Hbond substituents is 1. The van der Waals surface area contributed by atoms with Crippen molar-refractivity contribution in [2.45, 2.75) is 57.5 Å². The van der Waals surface area contributed by atoms with E-state index in [0.29, 0.717) is 41.1 Å². The van der Waals surface area contributed by atoms with Crippen LogP contribution in [0.4, 0.5) is 4.39 Å². The van der Waals surface area contributed by atoms with Crippen molar-refractivity contribution in [3.05, 3.63) is 80.9 Å². The number of allylic oxidation sites excluding steroid dienone is 3. The van der Waals surface area contributed by atoms with Crippen molar-refractivity contribution >= 4 is 23.4 Å². The van der Waals surface area contributed by atoms with E-state index in [-0.39, 0.29) is 59.8 Å². The average Bonchev–Trinajstić information content (AvgIpc) is 3.43. The molecule has 3 atom stereocenters. The molecular formula is C30H31ClFNO6. The molecular weight excluding hydrogens is 525 g/mol. The minimum atomic E-state index is -0.780. The van der Waals surface area contributed by atoms with E-state index in [1.54, 1.807) is 38.1 Å². The van der Waals surface area contributed by atoms with Gasteiger partial charge in [-0.15, -0.1) is 0 Å². The van der Waals surface area contributed by atoms with E-state index in [9.17, 15) is 19.1 Å². The lowest BCUT2D eigenvalue weighted by Gasteiger charge is -2.37. The minimum Gasteiger partial charge on any atom is -0.503 e. The summed E-state index contributed by atoms with van der Waals surface area (Å²) in [5.41, 5.74) is 3.40. The molecule has 206 valence electrons. The number of rotatable bonds is 7. The molecule has 1 fully saturated rings. The van der Waals surface area contributed by atoms with Crippen LogP contribution in [0, 0.1) is 5.82 Å². The lowest BCUT2D eigenvalue weighted by atomic mass is 9.71. The summed E-state index contributed by atoms with van der Waals surface area (Å²) in [6, 6.07) is 9.35. The van der Waals surface area contributed by atoms with Crippen molar-refractivity contribution in [3.8, 4) is 11.5 Å². The quantitative estimate of drug-likeness (QED) is 0.425. The maximum absolute atomic E-state index is 13.8. The van der Waals surface area contributed by atoms with E-state index in [4.69, 9.17) is 25.8 Å². The second kappa shape index (κ2) is 11.4. The van der Waals surface area contributed by atoms with E-state index in [2.05, 4.69) is 5.32 Å². The standard InChI is InChI=1S/C30H31ClFNO6/c1-3-37-25-14-19(11-22(31)29(25)35)27-26(30(36)39-15-21-5-4-10-38-21)16(2)33-23-12-18(13-24(34)28(23)27)17-6-8-20(32)9-7-17/h6-9,11,14,18,21,27,33,35H,3-5,10,12-13,15H2,1-2H3. The summed E-state index contributed by atoms with van der Waals surface area (Å²) in [7, 11) is 0. The van der Waals surface area contributed by atoms with Gasteiger partial charge in [-0.2, -0.15) is 0 Å². The normalized spacial score (nSPS) is 23.0. The summed E-state index contributed by atoms with van der Waals surface area (Å²) in [6.45, 7) is 4.60. The lowest BCUT2D eigenvalue weighted by Crippen LogP contribution is -2.36. The van der Waals surface area contributed by atoms with Gasteiger partial charge in [0.2, 0.25) is 0 Å². The minimum absolute atomic E-state index is 0.0498. The lowest BCUT2D eigenvalue weighted by molar-refractivity contribution is -0.142. The van der Waals surface area contributed by atoms with Crippen molar-refractivity contribution in [1.82, 2.24) is 5.32 Å². The first-order valence-electron chi connectivity index (χ1n) is 13.2. The van der Waals surface area contributed by atoms with Crippen LogP contribution in [0.2, 0.25) is 5.02 Å². The Morgan fingerprint density at radius 1 is 1.21 bits per heavy atom. The van der Waals surface area contributed by atoms with Crippen molar-refractivity contribution in [1.29, 1.82) is 0 Å². The maximum atomic E-state index is 13.8. The molecule has 5 rings (SSSR count). The fraction of sp³-hybridized carbons (Fsp3) is 0.400. The number of hydrogen-bond donors (Lipinski definition) is 2. The third-order valence-corrected chi connectivity index (χ3v) is 7.79. The average molecular weight is 556 g/mol. The van der Waals surface area contributed by atoms with Crippen LogP contribution in [-0.2, 0) is 19.1 Å². The Kier molecular flexibility index (Phi) is 7.96. The van der Waals surface area contributed by atoms with Crippen LogP contribution < -0.4 is 10.1 Å². The van der Waals surface area contributed by atoms with Gasteiger partial charge in [-0.3, -0.25) is 4.79 Å². The number of halogens is 2. The van der Waals surface area contributed by atoms with Crippen LogP contribution in [0.1, 0.15) is 62.5 Å². The summed E-state index contributed by atoms with van der Waals surface area (Å²) in [4.78, 5) is 27.3. The zero-order valence-electron chi connectivity index (χ0n) is 21.9. The number of hydrogen-bond acceptors (Lipinski definition) is 7. The van der Waals surface area contributed by atoms with Crippen LogP contribution in [0.5, 0.6) is 11.5 Å². The molecule has 2 N–H and O–H groups in total. The van der Waals surface area contributed by atoms with Gasteiger partial charge in [-0.1, -0.05) is 23.7 Å². The third-order valence-electron chi connectivity index (χ3n) is 7.50. The van der Waals surface area contributed by atoms with Gasteiger partial charge in [0.1, 0.15) is 12.4 Å². The number of aromatic hydroxyl groups is 1. The molecule has 1 saturated heterocycles. The zero-order chi connectivity index (χ0) is 27.7. The van der Waals surface area contributed by atoms with E-state index < -0.39 is 11.9 Å². The molecule has 2 aliphatic heterocycles. The number of ether oxygens (including phenoxy) is 3. The van der Waals surface area contributed by atoms with Crippen LogP contribution in [-0.4, -0.2) is 42.8 Å². The first-order valence-corrected chi connectivity index (χ1v) is 13.6. The molecule has 2 heterocycles. The monoisotopic (exact) mass is 555 g/mol. The Balaban J connectivity index is 1.56. The largest absolute Gasteiger partial charge is 0.503 e. The summed E-state index contributed by atoms with van der Waals surface area (Å²) in [5.74, 6) is -2.00. The molecule has 39 heavy (non-hydrogen) atoms. The highest BCUT2D eigenvalue weighted by atomic mass is 35.5. The topological polar surface area (TPSA) is 94.1 Å². The SMILES string of the molecule is CCOc1cc(C2C(C(=O)OCC3CCCO3)=C(C)NC3=C2C(=O)CC(c2ccc(F)cc2)C3)cc(Cl)c1O. The smallest absolute Gasteiger partial charge is 0.336 e. The van der Waals surface area contributed by atoms with Gasteiger partial charge in [-0.25, -0.2) is 9.18 Å². The van der Waals surface area contributed by atoms with E-state index >= 15 is 0 Å². The summed E-state index contributed by atoms with van der Waals surface area (Å²) in [6.07, 6.45) is 2.28. The van der Waals surface area contributed by atoms with Crippen molar-refractivity contribution in [3.63, 3.8) is 0 Å². The molecule has 3 aliphatic rings. The Morgan fingerprint density at radius 2 is 1.97 bits per heavy atom. The molecule has 1 aliphatic carbocycles. The zero-order valence-corrected chi connectivity index (χ0v) is 22.6. The molecule has 2 aromatic carbocycles. The van der Waals surface area contributed by atoms with Crippen molar-refractivity contribution in [2.75, 3.05) is 19.8 Å². The molecule has 0 amide bonds.